The van der Waals surface area contributed by atoms with Gasteiger partial charge in [-0.25, -0.2) is 14.4 Å². The summed E-state index contributed by atoms with van der Waals surface area (Å²) in [7, 11) is 0. The lowest BCUT2D eigenvalue weighted by Crippen LogP contribution is -2.38. The Bertz CT molecular complexity index is 1180. The molecule has 1 N–H and O–H groups in total. The zero-order valence-corrected chi connectivity index (χ0v) is 19.7. The third kappa shape index (κ3) is 5.50. The van der Waals surface area contributed by atoms with E-state index in [-0.39, 0.29) is 35.0 Å². The molecule has 0 bridgehead atoms. The predicted molar refractivity (Wildman–Crippen MR) is 127 cm³/mol. The van der Waals surface area contributed by atoms with Crippen molar-refractivity contribution in [1.82, 2.24) is 15.3 Å². The molecule has 4 rings (SSSR count). The minimum absolute atomic E-state index is 0.0504. The van der Waals surface area contributed by atoms with E-state index in [4.69, 9.17) is 16.3 Å². The first-order valence-electron chi connectivity index (χ1n) is 11.1. The molecule has 1 saturated carbocycles. The number of nitrogens with zero attached hydrogens (tertiary/aromatic N) is 2. The smallest absolute Gasteiger partial charge is 0.274 e. The molecule has 3 aromatic rings. The largest absolute Gasteiger partial charge is 0.450 e. The van der Waals surface area contributed by atoms with Crippen LogP contribution in [0.5, 0.6) is 11.5 Å². The van der Waals surface area contributed by atoms with Crippen LogP contribution in [-0.4, -0.2) is 27.8 Å². The van der Waals surface area contributed by atoms with Crippen molar-refractivity contribution < 1.29 is 13.9 Å². The second-order valence-corrected chi connectivity index (χ2v) is 8.93. The van der Waals surface area contributed by atoms with Gasteiger partial charge in [-0.3, -0.25) is 4.79 Å². The van der Waals surface area contributed by atoms with Gasteiger partial charge < -0.3 is 10.1 Å². The summed E-state index contributed by atoms with van der Waals surface area (Å²) in [6, 6.07) is 11.0. The first-order valence-corrected chi connectivity index (χ1v) is 11.6. The van der Waals surface area contributed by atoms with E-state index < -0.39 is 11.7 Å². The Morgan fingerprint density at radius 1 is 1.21 bits per heavy atom. The average Bonchev–Trinajstić information content (AvgIpc) is 3.62. The third-order valence-electron chi connectivity index (χ3n) is 5.81. The number of aromatic nitrogens is 2. The van der Waals surface area contributed by atoms with E-state index in [0.29, 0.717) is 17.8 Å². The molecular weight excluding hydrogens is 441 g/mol. The zero-order valence-electron chi connectivity index (χ0n) is 19.0. The number of carbonyl (C=O) groups excluding carboxylic acids is 1. The van der Waals surface area contributed by atoms with Crippen molar-refractivity contribution in [2.24, 2.45) is 0 Å². The highest BCUT2D eigenvalue weighted by atomic mass is 35.5. The molecule has 33 heavy (non-hydrogen) atoms. The molecule has 1 amide bonds. The van der Waals surface area contributed by atoms with Gasteiger partial charge in [0.05, 0.1) is 6.20 Å². The van der Waals surface area contributed by atoms with Crippen LogP contribution >= 0.6 is 11.6 Å². The Morgan fingerprint density at radius 3 is 2.70 bits per heavy atom. The molecule has 1 aliphatic carbocycles. The van der Waals surface area contributed by atoms with Crippen LogP contribution in [0.2, 0.25) is 0 Å². The van der Waals surface area contributed by atoms with Crippen LogP contribution in [0.1, 0.15) is 57.3 Å². The van der Waals surface area contributed by atoms with Gasteiger partial charge in [0.25, 0.3) is 5.91 Å². The van der Waals surface area contributed by atoms with Gasteiger partial charge in [-0.1, -0.05) is 35.9 Å². The molecule has 1 aliphatic rings. The van der Waals surface area contributed by atoms with Crippen molar-refractivity contribution in [1.29, 1.82) is 0 Å². The number of hydrogen-bond donors (Lipinski definition) is 1. The van der Waals surface area contributed by atoms with Gasteiger partial charge in [0.15, 0.2) is 23.0 Å². The summed E-state index contributed by atoms with van der Waals surface area (Å²) in [6.45, 7) is 5.77. The topological polar surface area (TPSA) is 64.1 Å². The predicted octanol–water partition coefficient (Wildman–Crippen LogP) is 5.79. The number of hydrogen-bond acceptors (Lipinski definition) is 4. The normalized spacial score (nSPS) is 14.1. The number of benzene rings is 2. The van der Waals surface area contributed by atoms with Gasteiger partial charge in [-0.15, -0.1) is 11.6 Å². The second kappa shape index (κ2) is 9.87. The molecular formula is C26H27ClFN3O2. The maximum absolute atomic E-state index is 15.0. The van der Waals surface area contributed by atoms with Crippen LogP contribution in [0, 0.1) is 26.6 Å². The summed E-state index contributed by atoms with van der Waals surface area (Å²) in [6.07, 6.45) is 3.93. The molecule has 0 radical (unpaired) electrons. The molecule has 1 atom stereocenters. The van der Waals surface area contributed by atoms with E-state index >= 15 is 0 Å². The number of alkyl halides is 1. The Balaban J connectivity index is 1.55. The van der Waals surface area contributed by atoms with Gasteiger partial charge in [0.2, 0.25) is 0 Å². The number of amides is 1. The maximum Gasteiger partial charge on any atom is 0.274 e. The minimum atomic E-state index is -0.440. The Kier molecular flexibility index (Phi) is 6.94. The van der Waals surface area contributed by atoms with Crippen LogP contribution in [-0.2, 0) is 6.42 Å². The maximum atomic E-state index is 15.0. The van der Waals surface area contributed by atoms with Gasteiger partial charge >= 0.3 is 0 Å². The number of rotatable bonds is 8. The molecule has 172 valence electrons. The molecule has 5 nitrogen and oxygen atoms in total. The quantitative estimate of drug-likeness (QED) is 0.426. The Hall–Kier alpha value is -2.99. The average molecular weight is 468 g/mol. The molecule has 0 aliphatic heterocycles. The van der Waals surface area contributed by atoms with E-state index in [9.17, 15) is 9.18 Å². The molecule has 2 aromatic carbocycles. The van der Waals surface area contributed by atoms with E-state index in [2.05, 4.69) is 27.4 Å². The van der Waals surface area contributed by atoms with Gasteiger partial charge in [0, 0.05) is 11.9 Å². The summed E-state index contributed by atoms with van der Waals surface area (Å²) in [5, 5.41) is 2.95. The molecule has 1 heterocycles. The number of halogens is 2. The highest BCUT2D eigenvalue weighted by molar-refractivity contribution is 6.18. The fourth-order valence-corrected chi connectivity index (χ4v) is 4.06. The summed E-state index contributed by atoms with van der Waals surface area (Å²) < 4.78 is 20.8. The molecule has 0 spiro atoms. The highest BCUT2D eigenvalue weighted by Gasteiger charge is 2.28. The van der Waals surface area contributed by atoms with E-state index in [1.165, 1.54) is 11.8 Å². The van der Waals surface area contributed by atoms with Crippen LogP contribution in [0.3, 0.4) is 0 Å². The first-order chi connectivity index (χ1) is 15.9. The first kappa shape index (κ1) is 23.2. The standard InChI is InChI=1S/C26H27ClFN3O2/c1-15-7-8-19(16(2)11-15)12-20(13-27)31-26(32)25-23(14-29-17(3)30-25)33-22-6-4-5-21(24(22)28)18-9-10-18/h4-8,11,14,18,20H,9-10,12-13H2,1-3H3,(H,31,32)/t20-/m1/s1. The summed E-state index contributed by atoms with van der Waals surface area (Å²) in [5.41, 5.74) is 4.13. The summed E-state index contributed by atoms with van der Waals surface area (Å²) in [4.78, 5) is 21.6. The number of aryl methyl sites for hydroxylation is 3. The lowest BCUT2D eigenvalue weighted by atomic mass is 10.00. The van der Waals surface area contributed by atoms with Crippen LogP contribution in [0.15, 0.2) is 42.6 Å². The number of carbonyl (C=O) groups is 1. The SMILES string of the molecule is Cc1ccc(C[C@H](CCl)NC(=O)c2nc(C)ncc2Oc2cccc(C3CC3)c2F)c(C)c1. The summed E-state index contributed by atoms with van der Waals surface area (Å²) in [5.74, 6) is 0.203. The van der Waals surface area contributed by atoms with Crippen molar-refractivity contribution in [3.8, 4) is 11.5 Å². The fraction of sp³-hybridized carbons (Fsp3) is 0.346. The highest BCUT2D eigenvalue weighted by Crippen LogP contribution is 2.43. The van der Waals surface area contributed by atoms with Crippen molar-refractivity contribution >= 4 is 17.5 Å². The third-order valence-corrected chi connectivity index (χ3v) is 6.18. The van der Waals surface area contributed by atoms with Gasteiger partial charge in [-0.2, -0.15) is 0 Å². The van der Waals surface area contributed by atoms with E-state index in [1.54, 1.807) is 25.1 Å². The molecule has 0 saturated heterocycles. The van der Waals surface area contributed by atoms with Crippen molar-refractivity contribution in [2.45, 2.75) is 52.0 Å². The Morgan fingerprint density at radius 2 is 2.00 bits per heavy atom. The van der Waals surface area contributed by atoms with E-state index in [0.717, 1.165) is 24.0 Å². The van der Waals surface area contributed by atoms with Crippen LogP contribution in [0.4, 0.5) is 4.39 Å². The van der Waals surface area contributed by atoms with Crippen molar-refractivity contribution in [3.63, 3.8) is 0 Å². The van der Waals surface area contributed by atoms with Gasteiger partial charge in [0.1, 0.15) is 5.82 Å². The Labute approximate surface area is 198 Å². The monoisotopic (exact) mass is 467 g/mol. The second-order valence-electron chi connectivity index (χ2n) is 8.62. The minimum Gasteiger partial charge on any atom is -0.450 e. The van der Waals surface area contributed by atoms with Crippen molar-refractivity contribution in [2.75, 3.05) is 5.88 Å². The van der Waals surface area contributed by atoms with Gasteiger partial charge in [-0.05, 0) is 68.7 Å². The molecule has 0 unspecified atom stereocenters. The van der Waals surface area contributed by atoms with E-state index in [1.807, 2.05) is 19.9 Å². The zero-order chi connectivity index (χ0) is 23.5. The molecule has 1 fully saturated rings. The molecule has 1 aromatic heterocycles. The number of nitrogens with one attached hydrogen (secondary N) is 1. The van der Waals surface area contributed by atoms with Crippen LogP contribution in [0.25, 0.3) is 0 Å². The molecule has 7 heteroatoms. The fourth-order valence-electron chi connectivity index (χ4n) is 3.87. The lowest BCUT2D eigenvalue weighted by Gasteiger charge is -2.19. The van der Waals surface area contributed by atoms with Crippen molar-refractivity contribution in [3.05, 3.63) is 82.2 Å². The van der Waals surface area contributed by atoms with Crippen LogP contribution < -0.4 is 10.1 Å². The number of ether oxygens (including phenoxy) is 1. The summed E-state index contributed by atoms with van der Waals surface area (Å²) >= 11 is 6.18. The lowest BCUT2D eigenvalue weighted by molar-refractivity contribution is 0.0932.